The number of nitrogens with zero attached hydrogens (tertiary/aromatic N) is 2. The Bertz CT molecular complexity index is 1100. The van der Waals surface area contributed by atoms with Gasteiger partial charge in [-0.1, -0.05) is 0 Å². The molecule has 5 nitrogen and oxygen atoms in total. The molecule has 1 unspecified atom stereocenters. The first kappa shape index (κ1) is 20.8. The van der Waals surface area contributed by atoms with Crippen LogP contribution in [0.3, 0.4) is 0 Å². The number of primary amides is 1. The summed E-state index contributed by atoms with van der Waals surface area (Å²) in [4.78, 5) is 18.6. The molecule has 1 saturated heterocycles. The van der Waals surface area contributed by atoms with Crippen molar-refractivity contribution in [3.63, 3.8) is 0 Å². The number of nitrogens with two attached hydrogens (primary N) is 1. The molecule has 4 heterocycles. The van der Waals surface area contributed by atoms with E-state index in [1.165, 1.54) is 32.5 Å². The van der Waals surface area contributed by atoms with Gasteiger partial charge >= 0.3 is 192 Å². The average Bonchev–Trinajstić information content (AvgIpc) is 3.26. The fourth-order valence-electron chi connectivity index (χ4n) is 4.52. The summed E-state index contributed by atoms with van der Waals surface area (Å²) in [5.41, 5.74) is 12.8. The number of amides is 1. The SMILES string of the molecule is C=C1C=C2c3ccc([I-]4(CCCC)CCC4)cc3NC(c3cscn3)N2C=C1C(N)=O. The van der Waals surface area contributed by atoms with Crippen LogP contribution in [0.5, 0.6) is 0 Å². The Labute approximate surface area is 191 Å². The Morgan fingerprint density at radius 3 is 2.90 bits per heavy atom. The topological polar surface area (TPSA) is 71.2 Å². The zero-order valence-electron chi connectivity index (χ0n) is 17.7. The van der Waals surface area contributed by atoms with Crippen molar-refractivity contribution in [2.75, 3.05) is 18.6 Å². The van der Waals surface area contributed by atoms with Crippen LogP contribution < -0.4 is 29.5 Å². The van der Waals surface area contributed by atoms with Crippen LogP contribution in [-0.4, -0.2) is 29.1 Å². The molecular weight excluding hydrogens is 519 g/mol. The summed E-state index contributed by atoms with van der Waals surface area (Å²) in [6, 6.07) is 7.07. The van der Waals surface area contributed by atoms with E-state index in [-0.39, 0.29) is 6.17 Å². The Kier molecular flexibility index (Phi) is 5.42. The van der Waals surface area contributed by atoms with Gasteiger partial charge in [0.15, 0.2) is 0 Å². The molecule has 3 aliphatic heterocycles. The van der Waals surface area contributed by atoms with E-state index >= 15 is 0 Å². The second-order valence-corrected chi connectivity index (χ2v) is 19.0. The second kappa shape index (κ2) is 8.09. The van der Waals surface area contributed by atoms with Crippen molar-refractivity contribution in [2.24, 2.45) is 5.73 Å². The Morgan fingerprint density at radius 1 is 1.42 bits per heavy atom. The van der Waals surface area contributed by atoms with Gasteiger partial charge in [0.2, 0.25) is 0 Å². The number of hydrogen-bond donors (Lipinski definition) is 2. The summed E-state index contributed by atoms with van der Waals surface area (Å²) in [5, 5.41) is 5.77. The van der Waals surface area contributed by atoms with Crippen molar-refractivity contribution >= 4 is 28.6 Å². The van der Waals surface area contributed by atoms with E-state index in [4.69, 9.17) is 5.73 Å². The van der Waals surface area contributed by atoms with Crippen LogP contribution >= 0.6 is 11.3 Å². The van der Waals surface area contributed by atoms with E-state index in [1.807, 2.05) is 17.8 Å². The van der Waals surface area contributed by atoms with Gasteiger partial charge < -0.3 is 0 Å². The van der Waals surface area contributed by atoms with Crippen molar-refractivity contribution < 1.29 is 23.2 Å². The summed E-state index contributed by atoms with van der Waals surface area (Å²) < 4.78 is 5.97. The monoisotopic (exact) mass is 547 g/mol. The number of carbonyl (C=O) groups excluding carboxylic acids is 1. The predicted molar refractivity (Wildman–Crippen MR) is 124 cm³/mol. The second-order valence-electron chi connectivity index (χ2n) is 8.26. The molecule has 7 heteroatoms. The maximum atomic E-state index is 12.0. The number of anilines is 1. The van der Waals surface area contributed by atoms with Crippen molar-refractivity contribution in [3.05, 3.63) is 73.9 Å². The molecule has 3 aliphatic rings. The third kappa shape index (κ3) is 3.51. The molecule has 1 amide bonds. The number of allylic oxidation sites excluding steroid dienone is 1. The standard InChI is InChI=1S/C24H28IN4OS/c1-3-4-8-25(9-5-10-25)17-6-7-18-20(12-17)28-24(21-14-31-15-27-21)29-13-19(23(26)30)16(2)11-22(18)29/h6-7,11-15,24,28H,2-5,8-10H2,1H3,(H2,26,30)/q-1. The maximum absolute atomic E-state index is 12.0. The molecule has 0 bridgehead atoms. The number of fused-ring (bicyclic) bond motifs is 3. The summed E-state index contributed by atoms with van der Waals surface area (Å²) in [6.07, 6.45) is 7.64. The van der Waals surface area contributed by atoms with E-state index in [2.05, 4.69) is 52.3 Å². The Hall–Kier alpha value is -2.13. The van der Waals surface area contributed by atoms with Crippen LogP contribution in [-0.2, 0) is 4.79 Å². The van der Waals surface area contributed by atoms with Crippen molar-refractivity contribution in [2.45, 2.75) is 32.4 Å². The van der Waals surface area contributed by atoms with Gasteiger partial charge in [-0.3, -0.25) is 0 Å². The van der Waals surface area contributed by atoms with Crippen LogP contribution in [0, 0.1) is 3.57 Å². The quantitative estimate of drug-likeness (QED) is 0.424. The number of benzene rings is 1. The van der Waals surface area contributed by atoms with E-state index in [1.54, 1.807) is 14.9 Å². The first-order chi connectivity index (χ1) is 15.0. The number of carbonyl (C=O) groups is 1. The number of hydrogen-bond acceptors (Lipinski definition) is 5. The molecule has 2 aromatic rings. The van der Waals surface area contributed by atoms with Crippen LogP contribution in [0.15, 0.2) is 59.1 Å². The van der Waals surface area contributed by atoms with Gasteiger partial charge in [-0.05, 0) is 0 Å². The third-order valence-electron chi connectivity index (χ3n) is 6.33. The molecule has 31 heavy (non-hydrogen) atoms. The van der Waals surface area contributed by atoms with E-state index in [0.29, 0.717) is 11.1 Å². The Balaban J connectivity index is 1.59. The van der Waals surface area contributed by atoms with E-state index < -0.39 is 24.3 Å². The number of unbranched alkanes of at least 4 members (excludes halogenated alkanes) is 1. The molecule has 3 N–H and O–H groups in total. The van der Waals surface area contributed by atoms with Crippen LogP contribution in [0.2, 0.25) is 0 Å². The number of alkyl halides is 3. The third-order valence-corrected chi connectivity index (χ3v) is 18.7. The fraction of sp³-hybridized carbons (Fsp3) is 0.333. The minimum atomic E-state index is -1.84. The summed E-state index contributed by atoms with van der Waals surface area (Å²) in [7, 11) is 0. The molecule has 0 saturated carbocycles. The molecule has 1 fully saturated rings. The molecule has 5 rings (SSSR count). The summed E-state index contributed by atoms with van der Waals surface area (Å²) in [6.45, 7) is 6.38. The van der Waals surface area contributed by atoms with Gasteiger partial charge in [-0.15, -0.1) is 0 Å². The van der Waals surface area contributed by atoms with Gasteiger partial charge in [-0.2, -0.15) is 0 Å². The first-order valence-electron chi connectivity index (χ1n) is 10.7. The Morgan fingerprint density at radius 2 is 2.26 bits per heavy atom. The minimum absolute atomic E-state index is 0.178. The van der Waals surface area contributed by atoms with Crippen molar-refractivity contribution in [1.29, 1.82) is 0 Å². The molecule has 0 aliphatic carbocycles. The number of thiazole rings is 1. The van der Waals surface area contributed by atoms with E-state index in [9.17, 15) is 4.79 Å². The van der Waals surface area contributed by atoms with Gasteiger partial charge in [0.05, 0.1) is 0 Å². The number of rotatable bonds is 6. The predicted octanol–water partition coefficient (Wildman–Crippen LogP) is 1.38. The molecule has 0 spiro atoms. The van der Waals surface area contributed by atoms with Crippen molar-refractivity contribution in [3.8, 4) is 0 Å². The van der Waals surface area contributed by atoms with Crippen LogP contribution in [0.1, 0.15) is 43.6 Å². The number of halogens is 1. The zero-order valence-corrected chi connectivity index (χ0v) is 20.7. The molecule has 0 radical (unpaired) electrons. The van der Waals surface area contributed by atoms with Gasteiger partial charge in [0.25, 0.3) is 0 Å². The van der Waals surface area contributed by atoms with Crippen LogP contribution in [0.25, 0.3) is 5.70 Å². The van der Waals surface area contributed by atoms with E-state index in [0.717, 1.165) is 22.6 Å². The van der Waals surface area contributed by atoms with Crippen molar-refractivity contribution in [1.82, 2.24) is 9.88 Å². The normalized spacial score (nSPS) is 22.3. The molecular formula is C24H28IN4OS-. The van der Waals surface area contributed by atoms with Gasteiger partial charge in [0.1, 0.15) is 0 Å². The number of nitrogens with one attached hydrogen (secondary N) is 1. The van der Waals surface area contributed by atoms with Crippen LogP contribution in [0.4, 0.5) is 5.69 Å². The molecule has 1 atom stereocenters. The summed E-state index contributed by atoms with van der Waals surface area (Å²) >= 11 is -0.270. The molecule has 1 aromatic heterocycles. The molecule has 1 aromatic carbocycles. The zero-order chi connectivity index (χ0) is 21.6. The molecule has 164 valence electrons. The average molecular weight is 547 g/mol. The summed E-state index contributed by atoms with van der Waals surface area (Å²) in [5.74, 6) is -0.464. The first-order valence-corrected chi connectivity index (χ1v) is 17.3. The number of aromatic nitrogens is 1. The van der Waals surface area contributed by atoms with Gasteiger partial charge in [0, 0.05) is 0 Å². The fourth-order valence-corrected chi connectivity index (χ4v) is 14.8. The van der Waals surface area contributed by atoms with Gasteiger partial charge in [-0.25, -0.2) is 0 Å².